The highest BCUT2D eigenvalue weighted by Crippen LogP contribution is 2.49. The fourth-order valence-corrected chi connectivity index (χ4v) is 7.48. The summed E-state index contributed by atoms with van der Waals surface area (Å²) < 4.78 is 2.68. The summed E-state index contributed by atoms with van der Waals surface area (Å²) in [4.78, 5) is 0. The largest absolute Gasteiger partial charge is 0.396 e. The van der Waals surface area contributed by atoms with E-state index in [9.17, 15) is 10.2 Å². The van der Waals surface area contributed by atoms with Gasteiger partial charge in [0.1, 0.15) is 0 Å². The fraction of sp³-hybridized carbons (Fsp3) is 0.571. The van der Waals surface area contributed by atoms with Gasteiger partial charge in [0.25, 0.3) is 0 Å². The molecule has 32 heavy (non-hydrogen) atoms. The van der Waals surface area contributed by atoms with Gasteiger partial charge >= 0.3 is 0 Å². The summed E-state index contributed by atoms with van der Waals surface area (Å²) in [5, 5.41) is 26.2. The van der Waals surface area contributed by atoms with E-state index in [-0.39, 0.29) is 18.6 Å². The van der Waals surface area contributed by atoms with E-state index in [0.717, 1.165) is 38.8 Å². The van der Waals surface area contributed by atoms with Crippen molar-refractivity contribution in [1.29, 1.82) is 0 Å². The van der Waals surface area contributed by atoms with E-state index < -0.39 is 0 Å². The molecule has 2 aromatic rings. The van der Waals surface area contributed by atoms with Gasteiger partial charge in [-0.15, -0.1) is 0 Å². The number of aliphatic hydroxyl groups is 2. The number of allylic oxidation sites excluding steroid dienone is 4. The molecule has 170 valence electrons. The van der Waals surface area contributed by atoms with E-state index in [4.69, 9.17) is 0 Å². The molecule has 3 N–H and O–H groups in total. The topological polar surface area (TPSA) is 57.4 Å². The summed E-state index contributed by atoms with van der Waals surface area (Å²) in [6.45, 7) is 2.10. The Labute approximate surface area is 191 Å². The molecular weight excluding hydrogens is 396 g/mol. The lowest BCUT2D eigenvalue weighted by Crippen LogP contribution is -2.44. The van der Waals surface area contributed by atoms with Crippen molar-refractivity contribution in [3.8, 4) is 0 Å². The second-order valence-electron chi connectivity index (χ2n) is 10.6. The summed E-state index contributed by atoms with van der Waals surface area (Å²) in [6, 6.07) is 9.38. The molecule has 2 aliphatic heterocycles. The van der Waals surface area contributed by atoms with Gasteiger partial charge in [0.15, 0.2) is 0 Å². The molecule has 3 heterocycles. The highest BCUT2D eigenvalue weighted by Gasteiger charge is 2.42. The third kappa shape index (κ3) is 3.30. The van der Waals surface area contributed by atoms with E-state index in [1.807, 2.05) is 0 Å². The van der Waals surface area contributed by atoms with Gasteiger partial charge in [0.05, 0.1) is 12.1 Å². The van der Waals surface area contributed by atoms with E-state index in [2.05, 4.69) is 58.5 Å². The molecule has 1 aromatic heterocycles. The first-order valence-corrected chi connectivity index (χ1v) is 12.7. The monoisotopic (exact) mass is 432 g/mol. The molecule has 1 saturated carbocycles. The highest BCUT2D eigenvalue weighted by atomic mass is 16.3. The third-order valence-electron chi connectivity index (χ3n) is 9.02. The predicted molar refractivity (Wildman–Crippen MR) is 129 cm³/mol. The van der Waals surface area contributed by atoms with Crippen molar-refractivity contribution in [2.45, 2.75) is 56.6 Å². The molecule has 0 radical (unpaired) electrons. The smallest absolute Gasteiger partial charge is 0.0593 e. The van der Waals surface area contributed by atoms with Gasteiger partial charge in [0.2, 0.25) is 0 Å². The molecule has 1 fully saturated rings. The van der Waals surface area contributed by atoms with E-state index in [1.165, 1.54) is 35.0 Å². The molecule has 3 unspecified atom stereocenters. The van der Waals surface area contributed by atoms with Crippen molar-refractivity contribution in [2.24, 2.45) is 23.7 Å². The molecule has 2 aliphatic carbocycles. The SMILES string of the molecule is OC[C@@H]1[C@H]2CC3CCC4C=CC=CC4n4c3c(c3ccccc34)CCNC[C@@H]2CC[C@@H]1O. The van der Waals surface area contributed by atoms with Gasteiger partial charge in [-0.25, -0.2) is 0 Å². The van der Waals surface area contributed by atoms with Crippen LogP contribution in [-0.4, -0.2) is 40.6 Å². The van der Waals surface area contributed by atoms with Crippen LogP contribution in [0.25, 0.3) is 10.9 Å². The number of fused-ring (bicyclic) bond motifs is 6. The lowest BCUT2D eigenvalue weighted by Gasteiger charge is -2.43. The van der Waals surface area contributed by atoms with Crippen LogP contribution in [-0.2, 0) is 6.42 Å². The van der Waals surface area contributed by atoms with Gasteiger partial charge in [-0.3, -0.25) is 0 Å². The zero-order chi connectivity index (χ0) is 21.7. The lowest BCUT2D eigenvalue weighted by molar-refractivity contribution is -0.0312. The van der Waals surface area contributed by atoms with Crippen molar-refractivity contribution in [2.75, 3.05) is 19.7 Å². The van der Waals surface area contributed by atoms with Crippen molar-refractivity contribution >= 4 is 10.9 Å². The first-order chi connectivity index (χ1) is 15.8. The molecular formula is C28H36N2O2. The lowest BCUT2D eigenvalue weighted by atomic mass is 9.66. The molecule has 4 nitrogen and oxygen atoms in total. The molecule has 0 spiro atoms. The average molecular weight is 433 g/mol. The summed E-state index contributed by atoms with van der Waals surface area (Å²) in [7, 11) is 0. The number of aliphatic hydroxyl groups excluding tert-OH is 2. The van der Waals surface area contributed by atoms with Crippen molar-refractivity contribution in [1.82, 2.24) is 9.88 Å². The molecule has 1 aromatic carbocycles. The molecule has 4 aliphatic rings. The minimum Gasteiger partial charge on any atom is -0.396 e. The normalized spacial score (nSPS) is 36.8. The Morgan fingerprint density at radius 1 is 1.03 bits per heavy atom. The van der Waals surface area contributed by atoms with Crippen LogP contribution in [0.4, 0.5) is 0 Å². The van der Waals surface area contributed by atoms with E-state index in [1.54, 1.807) is 0 Å². The number of hydrogen-bond acceptors (Lipinski definition) is 3. The number of nitrogens with one attached hydrogen (secondary N) is 1. The minimum atomic E-state index is -0.367. The van der Waals surface area contributed by atoms with Gasteiger partial charge in [0, 0.05) is 35.0 Å². The highest BCUT2D eigenvalue weighted by molar-refractivity contribution is 5.86. The van der Waals surface area contributed by atoms with Gasteiger partial charge in [-0.05, 0) is 81.0 Å². The minimum absolute atomic E-state index is 0.00146. The summed E-state index contributed by atoms with van der Waals surface area (Å²) in [5.41, 5.74) is 4.44. The quantitative estimate of drug-likeness (QED) is 0.629. The van der Waals surface area contributed by atoms with E-state index in [0.29, 0.717) is 29.7 Å². The average Bonchev–Trinajstić information content (AvgIpc) is 3.05. The maximum Gasteiger partial charge on any atom is 0.0593 e. The van der Waals surface area contributed by atoms with Crippen LogP contribution < -0.4 is 5.32 Å². The van der Waals surface area contributed by atoms with Crippen LogP contribution in [0.15, 0.2) is 48.6 Å². The Balaban J connectivity index is 1.52. The van der Waals surface area contributed by atoms with Gasteiger partial charge < -0.3 is 20.1 Å². The number of nitrogens with zero attached hydrogens (tertiary/aromatic N) is 1. The second kappa shape index (κ2) is 8.48. The Morgan fingerprint density at radius 2 is 1.91 bits per heavy atom. The maximum absolute atomic E-state index is 10.8. The van der Waals surface area contributed by atoms with Crippen LogP contribution in [0.1, 0.15) is 55.3 Å². The van der Waals surface area contributed by atoms with Crippen LogP contribution in [0.2, 0.25) is 0 Å². The van der Waals surface area contributed by atoms with Crippen LogP contribution >= 0.6 is 0 Å². The first-order valence-electron chi connectivity index (χ1n) is 12.7. The Bertz CT molecular complexity index is 1040. The van der Waals surface area contributed by atoms with Crippen LogP contribution in [0, 0.1) is 23.7 Å². The molecule has 0 saturated heterocycles. The van der Waals surface area contributed by atoms with E-state index >= 15 is 0 Å². The number of rotatable bonds is 1. The zero-order valence-electron chi connectivity index (χ0n) is 18.9. The number of aromatic nitrogens is 1. The van der Waals surface area contributed by atoms with Crippen molar-refractivity contribution in [3.05, 3.63) is 59.8 Å². The Hall–Kier alpha value is -1.88. The number of benzene rings is 1. The summed E-state index contributed by atoms with van der Waals surface area (Å²) in [6.07, 6.45) is 15.3. The maximum atomic E-state index is 10.8. The Kier molecular flexibility index (Phi) is 5.49. The number of para-hydroxylation sites is 1. The first kappa shape index (κ1) is 20.7. The molecule has 4 heteroatoms. The molecule has 6 rings (SSSR count). The molecule has 7 atom stereocenters. The van der Waals surface area contributed by atoms with Crippen molar-refractivity contribution in [3.63, 3.8) is 0 Å². The van der Waals surface area contributed by atoms with Gasteiger partial charge in [-0.1, -0.05) is 42.5 Å². The second-order valence-corrected chi connectivity index (χ2v) is 10.6. The molecule has 0 bridgehead atoms. The summed E-state index contributed by atoms with van der Waals surface area (Å²) in [5.74, 6) is 1.93. The standard InChI is InChI=1S/C28H36N2O2/c31-17-24-23-15-19-10-9-18-5-1-3-7-25(18)30-26-8-4-2-6-21(26)22(28(19)30)13-14-29-16-20(23)11-12-27(24)32/h1-8,18-20,23-25,27,29,31-32H,9-17H2/t18?,19?,20-,23-,24+,25?,27-/m0/s1. The Morgan fingerprint density at radius 3 is 2.81 bits per heavy atom. The molecule has 0 amide bonds. The number of hydrogen-bond donors (Lipinski definition) is 3. The third-order valence-corrected chi connectivity index (χ3v) is 9.02. The van der Waals surface area contributed by atoms with Crippen molar-refractivity contribution < 1.29 is 10.2 Å². The van der Waals surface area contributed by atoms with Crippen LogP contribution in [0.5, 0.6) is 0 Å². The fourth-order valence-electron chi connectivity index (χ4n) is 7.48. The van der Waals surface area contributed by atoms with Gasteiger partial charge in [-0.2, -0.15) is 0 Å². The summed E-state index contributed by atoms with van der Waals surface area (Å²) >= 11 is 0. The van der Waals surface area contributed by atoms with Crippen LogP contribution in [0.3, 0.4) is 0 Å². The zero-order valence-corrected chi connectivity index (χ0v) is 18.9. The predicted octanol–water partition coefficient (Wildman–Crippen LogP) is 4.33.